The van der Waals surface area contributed by atoms with E-state index in [1.54, 1.807) is 17.9 Å². The third-order valence-electron chi connectivity index (χ3n) is 5.26. The molecule has 0 saturated heterocycles. The second kappa shape index (κ2) is 10.4. The second-order valence-electron chi connectivity index (χ2n) is 7.75. The number of nitrogens with zero attached hydrogens (tertiary/aromatic N) is 1. The first-order valence-corrected chi connectivity index (χ1v) is 10.5. The lowest BCUT2D eigenvalue weighted by molar-refractivity contribution is -0.140. The molecule has 2 aromatic rings. The molecule has 0 spiro atoms. The van der Waals surface area contributed by atoms with Crippen LogP contribution in [-0.4, -0.2) is 28.8 Å². The van der Waals surface area contributed by atoms with Crippen LogP contribution in [0.2, 0.25) is 5.02 Å². The Morgan fingerprint density at radius 2 is 1.83 bits per heavy atom. The number of aryl methyl sites for hydroxylation is 2. The maximum absolute atomic E-state index is 13.3. The number of carbonyl (C=O) groups is 2. The maximum atomic E-state index is 13.3. The average molecular weight is 415 g/mol. The van der Waals surface area contributed by atoms with Crippen molar-refractivity contribution in [3.63, 3.8) is 0 Å². The van der Waals surface area contributed by atoms with Gasteiger partial charge >= 0.3 is 0 Å². The number of hydrogen-bond donors (Lipinski definition) is 1. The minimum Gasteiger partial charge on any atom is -0.352 e. The monoisotopic (exact) mass is 414 g/mol. The van der Waals surface area contributed by atoms with Gasteiger partial charge in [-0.3, -0.25) is 9.59 Å². The fourth-order valence-corrected chi connectivity index (χ4v) is 3.35. The van der Waals surface area contributed by atoms with Crippen molar-refractivity contribution in [3.8, 4) is 0 Å². The molecule has 0 unspecified atom stereocenters. The zero-order valence-corrected chi connectivity index (χ0v) is 18.7. The van der Waals surface area contributed by atoms with Gasteiger partial charge in [0, 0.05) is 17.6 Å². The lowest BCUT2D eigenvalue weighted by Crippen LogP contribution is -2.49. The Morgan fingerprint density at radius 1 is 1.10 bits per heavy atom. The van der Waals surface area contributed by atoms with Crippen molar-refractivity contribution in [1.29, 1.82) is 0 Å². The van der Waals surface area contributed by atoms with Crippen molar-refractivity contribution in [2.45, 2.75) is 66.1 Å². The lowest BCUT2D eigenvalue weighted by Gasteiger charge is -2.30. The van der Waals surface area contributed by atoms with Crippen LogP contribution in [0.4, 0.5) is 0 Å². The molecule has 156 valence electrons. The summed E-state index contributed by atoms with van der Waals surface area (Å²) in [7, 11) is 0. The highest BCUT2D eigenvalue weighted by Crippen LogP contribution is 2.18. The van der Waals surface area contributed by atoms with E-state index >= 15 is 0 Å². The van der Waals surface area contributed by atoms with Crippen molar-refractivity contribution in [2.75, 3.05) is 0 Å². The summed E-state index contributed by atoms with van der Waals surface area (Å²) < 4.78 is 0. The molecule has 0 fully saturated rings. The number of nitrogens with one attached hydrogen (secondary N) is 1. The molecule has 2 amide bonds. The van der Waals surface area contributed by atoms with Gasteiger partial charge in [-0.1, -0.05) is 54.4 Å². The molecule has 4 nitrogen and oxygen atoms in total. The number of amides is 2. The molecule has 0 saturated carbocycles. The van der Waals surface area contributed by atoms with Crippen LogP contribution in [0.3, 0.4) is 0 Å². The summed E-state index contributed by atoms with van der Waals surface area (Å²) >= 11 is 6.12. The van der Waals surface area contributed by atoms with E-state index in [1.807, 2.05) is 64.1 Å². The van der Waals surface area contributed by atoms with Gasteiger partial charge in [0.15, 0.2) is 0 Å². The number of halogens is 1. The Labute approximate surface area is 179 Å². The van der Waals surface area contributed by atoms with Crippen molar-refractivity contribution >= 4 is 23.4 Å². The zero-order valence-electron chi connectivity index (χ0n) is 18.0. The first kappa shape index (κ1) is 23.0. The van der Waals surface area contributed by atoms with Crippen LogP contribution in [0.25, 0.3) is 0 Å². The van der Waals surface area contributed by atoms with Gasteiger partial charge in [0.2, 0.25) is 11.8 Å². The van der Waals surface area contributed by atoms with Crippen LogP contribution in [0.15, 0.2) is 42.5 Å². The Morgan fingerprint density at radius 3 is 2.48 bits per heavy atom. The predicted octanol–water partition coefficient (Wildman–Crippen LogP) is 4.83. The topological polar surface area (TPSA) is 49.4 Å². The smallest absolute Gasteiger partial charge is 0.242 e. The van der Waals surface area contributed by atoms with E-state index in [2.05, 4.69) is 5.32 Å². The normalized spacial score (nSPS) is 12.9. The van der Waals surface area contributed by atoms with Gasteiger partial charge < -0.3 is 10.2 Å². The number of hydrogen-bond acceptors (Lipinski definition) is 2. The molecular formula is C24H31ClN2O2. The molecule has 0 aliphatic rings. The summed E-state index contributed by atoms with van der Waals surface area (Å²) in [6, 6.07) is 13.0. The highest BCUT2D eigenvalue weighted by molar-refractivity contribution is 6.30. The highest BCUT2D eigenvalue weighted by atomic mass is 35.5. The van der Waals surface area contributed by atoms with E-state index in [-0.39, 0.29) is 24.3 Å². The van der Waals surface area contributed by atoms with E-state index in [0.29, 0.717) is 11.6 Å². The number of carbonyl (C=O) groups excluding carboxylic acids is 2. The van der Waals surface area contributed by atoms with E-state index < -0.39 is 6.04 Å². The molecule has 0 radical (unpaired) electrons. The van der Waals surface area contributed by atoms with Crippen LogP contribution in [0.5, 0.6) is 0 Å². The van der Waals surface area contributed by atoms with Gasteiger partial charge in [-0.2, -0.15) is 0 Å². The van der Waals surface area contributed by atoms with E-state index in [1.165, 1.54) is 0 Å². The van der Waals surface area contributed by atoms with E-state index in [0.717, 1.165) is 28.7 Å². The van der Waals surface area contributed by atoms with Crippen molar-refractivity contribution in [3.05, 3.63) is 69.7 Å². The molecule has 0 heterocycles. The summed E-state index contributed by atoms with van der Waals surface area (Å²) in [6.45, 7) is 10.1. The minimum atomic E-state index is -0.583. The zero-order chi connectivity index (χ0) is 21.6. The largest absolute Gasteiger partial charge is 0.352 e. The van der Waals surface area contributed by atoms with Crippen LogP contribution >= 0.6 is 11.6 Å². The van der Waals surface area contributed by atoms with Crippen LogP contribution in [0, 0.1) is 13.8 Å². The first-order valence-electron chi connectivity index (χ1n) is 10.1. The fraction of sp³-hybridized carbons (Fsp3) is 0.417. The third kappa shape index (κ3) is 6.60. The van der Waals surface area contributed by atoms with E-state index in [9.17, 15) is 9.59 Å². The summed E-state index contributed by atoms with van der Waals surface area (Å²) in [5, 5.41) is 3.60. The fourth-order valence-electron chi connectivity index (χ4n) is 3.14. The van der Waals surface area contributed by atoms with Gasteiger partial charge in [-0.15, -0.1) is 0 Å². The summed E-state index contributed by atoms with van der Waals surface area (Å²) in [5.41, 5.74) is 4.07. The molecule has 2 aromatic carbocycles. The predicted molar refractivity (Wildman–Crippen MR) is 119 cm³/mol. The third-order valence-corrected chi connectivity index (χ3v) is 5.49. The van der Waals surface area contributed by atoms with Gasteiger partial charge in [0.1, 0.15) is 6.04 Å². The molecule has 0 bridgehead atoms. The highest BCUT2D eigenvalue weighted by Gasteiger charge is 2.27. The quantitative estimate of drug-likeness (QED) is 0.672. The van der Waals surface area contributed by atoms with Gasteiger partial charge in [-0.05, 0) is 62.9 Å². The molecule has 0 aromatic heterocycles. The SMILES string of the molecule is CC[C@@H](C)NC(=O)[C@H](C)N(Cc1cccc(Cl)c1)C(=O)Cc1cc(C)ccc1C. The summed E-state index contributed by atoms with van der Waals surface area (Å²) in [6.07, 6.45) is 1.10. The van der Waals surface area contributed by atoms with Crippen molar-refractivity contribution < 1.29 is 9.59 Å². The molecule has 0 aliphatic carbocycles. The molecule has 29 heavy (non-hydrogen) atoms. The van der Waals surface area contributed by atoms with Crippen LogP contribution < -0.4 is 5.32 Å². The summed E-state index contributed by atoms with van der Waals surface area (Å²) in [4.78, 5) is 27.7. The molecule has 2 rings (SSSR count). The number of benzene rings is 2. The van der Waals surface area contributed by atoms with Gasteiger partial charge in [-0.25, -0.2) is 0 Å². The van der Waals surface area contributed by atoms with Gasteiger partial charge in [0.25, 0.3) is 0 Å². The molecule has 2 atom stereocenters. The Kier molecular flexibility index (Phi) is 8.27. The molecule has 1 N–H and O–H groups in total. The Bertz CT molecular complexity index is 866. The lowest BCUT2D eigenvalue weighted by atomic mass is 10.0. The average Bonchev–Trinajstić information content (AvgIpc) is 2.68. The van der Waals surface area contributed by atoms with Gasteiger partial charge in [0.05, 0.1) is 6.42 Å². The maximum Gasteiger partial charge on any atom is 0.242 e. The number of rotatable bonds is 8. The molecule has 5 heteroatoms. The standard InChI is InChI=1S/C24H31ClN2O2/c1-6-18(4)26-24(29)19(5)27(15-20-8-7-9-22(25)13-20)23(28)14-21-12-16(2)10-11-17(21)3/h7-13,18-19H,6,14-15H2,1-5H3,(H,26,29)/t18-,19+/m1/s1. The molecular weight excluding hydrogens is 384 g/mol. The van der Waals surface area contributed by atoms with E-state index in [4.69, 9.17) is 11.6 Å². The van der Waals surface area contributed by atoms with Crippen LogP contribution in [0.1, 0.15) is 49.4 Å². The first-order chi connectivity index (χ1) is 13.7. The minimum absolute atomic E-state index is 0.0621. The Balaban J connectivity index is 2.28. The second-order valence-corrected chi connectivity index (χ2v) is 8.19. The van der Waals surface area contributed by atoms with Crippen LogP contribution in [-0.2, 0) is 22.6 Å². The Hall–Kier alpha value is -2.33. The van der Waals surface area contributed by atoms with Crippen molar-refractivity contribution in [1.82, 2.24) is 10.2 Å². The molecule has 0 aliphatic heterocycles. The van der Waals surface area contributed by atoms with Crippen molar-refractivity contribution in [2.24, 2.45) is 0 Å². The summed E-state index contributed by atoms with van der Waals surface area (Å²) in [5.74, 6) is -0.221.